The molecule has 1 N–H and O–H groups in total. The number of ether oxygens (including phenoxy) is 2. The first-order chi connectivity index (χ1) is 12.2. The molecule has 1 aromatic carbocycles. The molecule has 0 saturated heterocycles. The summed E-state index contributed by atoms with van der Waals surface area (Å²) in [5, 5.41) is 7.10. The van der Waals surface area contributed by atoms with Gasteiger partial charge >= 0.3 is 0 Å². The highest BCUT2D eigenvalue weighted by molar-refractivity contribution is 5.68. The van der Waals surface area contributed by atoms with Crippen LogP contribution in [0.15, 0.2) is 47.1 Å². The van der Waals surface area contributed by atoms with E-state index < -0.39 is 0 Å². The van der Waals surface area contributed by atoms with Crippen molar-refractivity contribution in [3.8, 4) is 23.0 Å². The van der Waals surface area contributed by atoms with Gasteiger partial charge in [0.05, 0.1) is 19.2 Å². The molecule has 1 atom stereocenters. The molecule has 7 nitrogen and oxygen atoms in total. The summed E-state index contributed by atoms with van der Waals surface area (Å²) in [5.74, 6) is 3.09. The lowest BCUT2D eigenvalue weighted by atomic mass is 10.2. The quantitative estimate of drug-likeness (QED) is 0.706. The maximum Gasteiger partial charge on any atom is 0.261 e. The van der Waals surface area contributed by atoms with Gasteiger partial charge in [0.1, 0.15) is 11.9 Å². The van der Waals surface area contributed by atoms with Gasteiger partial charge in [0.25, 0.3) is 5.89 Å². The molecule has 0 amide bonds. The summed E-state index contributed by atoms with van der Waals surface area (Å²) in [6, 6.07) is 11.3. The smallest absolute Gasteiger partial charge is 0.261 e. The number of methoxy groups -OCH3 is 1. The number of para-hydroxylation sites is 2. The summed E-state index contributed by atoms with van der Waals surface area (Å²) in [5.41, 5.74) is 0.757. The number of nitrogens with zero attached hydrogens (tertiary/aromatic N) is 3. The van der Waals surface area contributed by atoms with Crippen LogP contribution in [0.2, 0.25) is 0 Å². The first-order valence-corrected chi connectivity index (χ1v) is 7.96. The lowest BCUT2D eigenvalue weighted by Gasteiger charge is -2.18. The van der Waals surface area contributed by atoms with Crippen molar-refractivity contribution in [1.29, 1.82) is 0 Å². The molecule has 0 radical (unpaired) electrons. The zero-order chi connectivity index (χ0) is 17.6. The Morgan fingerprint density at radius 2 is 1.96 bits per heavy atom. The average Bonchev–Trinajstić information content (AvgIpc) is 3.07. The number of hydrogen-bond donors (Lipinski definition) is 1. The summed E-state index contributed by atoms with van der Waals surface area (Å²) in [6.07, 6.45) is 1.61. The van der Waals surface area contributed by atoms with Crippen molar-refractivity contribution in [2.45, 2.75) is 20.0 Å². The van der Waals surface area contributed by atoms with Crippen LogP contribution in [0.3, 0.4) is 0 Å². The molecule has 2 heterocycles. The Hall–Kier alpha value is -3.09. The molecule has 2 aromatic heterocycles. The highest BCUT2D eigenvalue weighted by Gasteiger charge is 2.14. The summed E-state index contributed by atoms with van der Waals surface area (Å²) in [7, 11) is 1.62. The molecule has 0 fully saturated rings. The minimum atomic E-state index is -0.101. The second-order valence-corrected chi connectivity index (χ2v) is 5.51. The highest BCUT2D eigenvalue weighted by Crippen LogP contribution is 2.27. The molecule has 0 spiro atoms. The van der Waals surface area contributed by atoms with E-state index in [1.54, 1.807) is 20.2 Å². The molecule has 0 aliphatic heterocycles. The molecule has 1 unspecified atom stereocenters. The highest BCUT2D eigenvalue weighted by atomic mass is 16.5. The van der Waals surface area contributed by atoms with Gasteiger partial charge in [-0.2, -0.15) is 4.98 Å². The Balaban J connectivity index is 1.67. The van der Waals surface area contributed by atoms with Crippen molar-refractivity contribution in [2.75, 3.05) is 19.0 Å². The topological polar surface area (TPSA) is 82.3 Å². The number of rotatable bonds is 7. The van der Waals surface area contributed by atoms with Crippen molar-refractivity contribution >= 4 is 5.82 Å². The van der Waals surface area contributed by atoms with Crippen LogP contribution in [0.5, 0.6) is 11.5 Å². The number of aromatic nitrogens is 3. The number of nitrogens with one attached hydrogen (secondary N) is 1. The number of pyridine rings is 1. The van der Waals surface area contributed by atoms with Crippen LogP contribution >= 0.6 is 0 Å². The van der Waals surface area contributed by atoms with Crippen LogP contribution in [-0.2, 0) is 0 Å². The van der Waals surface area contributed by atoms with E-state index in [-0.39, 0.29) is 6.10 Å². The van der Waals surface area contributed by atoms with Gasteiger partial charge in [0, 0.05) is 6.20 Å². The molecular weight excluding hydrogens is 320 g/mol. The van der Waals surface area contributed by atoms with Gasteiger partial charge in [-0.15, -0.1) is 0 Å². The predicted molar refractivity (Wildman–Crippen MR) is 93.8 cm³/mol. The summed E-state index contributed by atoms with van der Waals surface area (Å²) in [4.78, 5) is 8.61. The second-order valence-electron chi connectivity index (χ2n) is 5.51. The molecular formula is C18H20N4O3. The van der Waals surface area contributed by atoms with Crippen molar-refractivity contribution < 1.29 is 14.0 Å². The van der Waals surface area contributed by atoms with E-state index >= 15 is 0 Å². The maximum absolute atomic E-state index is 5.94. The number of aryl methyl sites for hydroxylation is 1. The van der Waals surface area contributed by atoms with E-state index in [2.05, 4.69) is 20.4 Å². The molecule has 130 valence electrons. The van der Waals surface area contributed by atoms with Crippen LogP contribution < -0.4 is 14.8 Å². The SMILES string of the molecule is COc1ccccc1OC(C)CNc1ncccc1-c1nc(C)no1. The zero-order valence-corrected chi connectivity index (χ0v) is 14.4. The van der Waals surface area contributed by atoms with E-state index in [9.17, 15) is 0 Å². The standard InChI is InChI=1S/C18H20N4O3/c1-12(24-16-9-5-4-8-15(16)23-3)11-20-17-14(7-6-10-19-17)18-21-13(2)22-25-18/h4-10,12H,11H2,1-3H3,(H,19,20). The van der Waals surface area contributed by atoms with Gasteiger partial charge < -0.3 is 19.3 Å². The normalized spacial score (nSPS) is 11.8. The lowest BCUT2D eigenvalue weighted by Crippen LogP contribution is -2.23. The van der Waals surface area contributed by atoms with E-state index in [4.69, 9.17) is 14.0 Å². The molecule has 0 bridgehead atoms. The third-order valence-corrected chi connectivity index (χ3v) is 3.52. The van der Waals surface area contributed by atoms with Crippen LogP contribution in [-0.4, -0.2) is 34.9 Å². The largest absolute Gasteiger partial charge is 0.493 e. The Kier molecular flexibility index (Phi) is 5.13. The second kappa shape index (κ2) is 7.65. The number of hydrogen-bond acceptors (Lipinski definition) is 7. The maximum atomic E-state index is 5.94. The fourth-order valence-electron chi connectivity index (χ4n) is 2.34. The van der Waals surface area contributed by atoms with Crippen molar-refractivity contribution in [3.63, 3.8) is 0 Å². The fraction of sp³-hybridized carbons (Fsp3) is 0.278. The van der Waals surface area contributed by atoms with Crippen LogP contribution in [0, 0.1) is 6.92 Å². The molecule has 3 rings (SSSR count). The van der Waals surface area contributed by atoms with Gasteiger partial charge in [-0.25, -0.2) is 4.98 Å². The van der Waals surface area contributed by atoms with Crippen LogP contribution in [0.25, 0.3) is 11.5 Å². The van der Waals surface area contributed by atoms with Crippen molar-refractivity contribution in [2.24, 2.45) is 0 Å². The molecule has 0 aliphatic carbocycles. The average molecular weight is 340 g/mol. The summed E-state index contributed by atoms with van der Waals surface area (Å²) in [6.45, 7) is 4.30. The Labute approximate surface area is 146 Å². The van der Waals surface area contributed by atoms with E-state index in [0.717, 1.165) is 5.56 Å². The predicted octanol–water partition coefficient (Wildman–Crippen LogP) is 3.33. The summed E-state index contributed by atoms with van der Waals surface area (Å²) < 4.78 is 16.5. The number of benzene rings is 1. The minimum absolute atomic E-state index is 0.101. The first kappa shape index (κ1) is 16.8. The van der Waals surface area contributed by atoms with Gasteiger partial charge in [0.15, 0.2) is 17.3 Å². The van der Waals surface area contributed by atoms with E-state index in [1.807, 2.05) is 43.3 Å². The Morgan fingerprint density at radius 1 is 1.16 bits per heavy atom. The summed E-state index contributed by atoms with van der Waals surface area (Å²) >= 11 is 0. The van der Waals surface area contributed by atoms with E-state index in [0.29, 0.717) is 35.6 Å². The third-order valence-electron chi connectivity index (χ3n) is 3.52. The van der Waals surface area contributed by atoms with Gasteiger partial charge in [-0.1, -0.05) is 17.3 Å². The third kappa shape index (κ3) is 4.06. The monoisotopic (exact) mass is 340 g/mol. The molecule has 0 aliphatic rings. The fourth-order valence-corrected chi connectivity index (χ4v) is 2.34. The van der Waals surface area contributed by atoms with Gasteiger partial charge in [-0.3, -0.25) is 0 Å². The van der Waals surface area contributed by atoms with Gasteiger partial charge in [0.2, 0.25) is 0 Å². The first-order valence-electron chi connectivity index (χ1n) is 7.96. The number of anilines is 1. The molecule has 25 heavy (non-hydrogen) atoms. The minimum Gasteiger partial charge on any atom is -0.493 e. The van der Waals surface area contributed by atoms with E-state index in [1.165, 1.54) is 0 Å². The molecule has 3 aromatic rings. The molecule has 0 saturated carbocycles. The van der Waals surface area contributed by atoms with Crippen LogP contribution in [0.4, 0.5) is 5.82 Å². The zero-order valence-electron chi connectivity index (χ0n) is 14.4. The lowest BCUT2D eigenvalue weighted by molar-refractivity contribution is 0.223. The van der Waals surface area contributed by atoms with Crippen LogP contribution in [0.1, 0.15) is 12.7 Å². The Bertz CT molecular complexity index is 834. The van der Waals surface area contributed by atoms with Crippen molar-refractivity contribution in [3.05, 3.63) is 48.4 Å². The Morgan fingerprint density at radius 3 is 2.68 bits per heavy atom. The molecule has 7 heteroatoms. The van der Waals surface area contributed by atoms with Gasteiger partial charge in [-0.05, 0) is 38.1 Å². The van der Waals surface area contributed by atoms with Crippen molar-refractivity contribution in [1.82, 2.24) is 15.1 Å².